The van der Waals surface area contributed by atoms with Crippen molar-refractivity contribution in [2.45, 2.75) is 6.92 Å². The highest BCUT2D eigenvalue weighted by atomic mass is 19.1. The molecule has 16 heavy (non-hydrogen) atoms. The summed E-state index contributed by atoms with van der Waals surface area (Å²) in [6.45, 7) is 1.49. The number of halogens is 1. The number of carbonyl (C=O) groups is 1. The van der Waals surface area contributed by atoms with Crippen LogP contribution in [0.2, 0.25) is 0 Å². The van der Waals surface area contributed by atoms with E-state index in [1.54, 1.807) is 0 Å². The van der Waals surface area contributed by atoms with Crippen molar-refractivity contribution in [3.63, 3.8) is 0 Å². The second kappa shape index (κ2) is 3.44. The van der Waals surface area contributed by atoms with Crippen LogP contribution in [0.15, 0.2) is 18.2 Å². The van der Waals surface area contributed by atoms with Crippen LogP contribution in [0.4, 0.5) is 4.39 Å². The number of carboxylic acid groups (broad SMARTS) is 1. The molecule has 0 aliphatic rings. The van der Waals surface area contributed by atoms with Gasteiger partial charge in [-0.3, -0.25) is 0 Å². The Labute approximate surface area is 90.0 Å². The van der Waals surface area contributed by atoms with Crippen LogP contribution in [0.3, 0.4) is 0 Å². The quantitative estimate of drug-likeness (QED) is 0.773. The van der Waals surface area contributed by atoms with E-state index in [1.165, 1.54) is 19.1 Å². The number of hydrogen-bond acceptors (Lipinski definition) is 3. The molecule has 0 aliphatic heterocycles. The minimum Gasteiger partial charge on any atom is -0.505 e. The molecule has 2 rings (SSSR count). The van der Waals surface area contributed by atoms with Gasteiger partial charge >= 0.3 is 5.97 Å². The number of pyridine rings is 1. The van der Waals surface area contributed by atoms with Crippen molar-refractivity contribution in [2.75, 3.05) is 0 Å². The summed E-state index contributed by atoms with van der Waals surface area (Å²) in [4.78, 5) is 15.0. The molecule has 0 fully saturated rings. The standard InChI is InChI=1S/C11H8FNO3/c1-5-10(14)9(11(15)16)7-4-6(12)2-3-8(7)13-5/h2-4,14H,1H3,(H,15,16). The van der Waals surface area contributed by atoms with Gasteiger partial charge in [0.05, 0.1) is 11.2 Å². The van der Waals surface area contributed by atoms with Crippen LogP contribution in [0.25, 0.3) is 10.9 Å². The number of nitrogens with zero attached hydrogens (tertiary/aromatic N) is 1. The van der Waals surface area contributed by atoms with Gasteiger partial charge in [0.25, 0.3) is 0 Å². The van der Waals surface area contributed by atoms with Crippen molar-refractivity contribution < 1.29 is 19.4 Å². The molecular formula is C11H8FNO3. The zero-order valence-electron chi connectivity index (χ0n) is 8.36. The fourth-order valence-electron chi connectivity index (χ4n) is 1.56. The van der Waals surface area contributed by atoms with E-state index in [2.05, 4.69) is 4.98 Å². The molecule has 0 bridgehead atoms. The molecule has 0 atom stereocenters. The Hall–Kier alpha value is -2.17. The van der Waals surface area contributed by atoms with Crippen molar-refractivity contribution in [3.05, 3.63) is 35.3 Å². The second-order valence-corrected chi connectivity index (χ2v) is 3.39. The van der Waals surface area contributed by atoms with Gasteiger partial charge in [-0.2, -0.15) is 0 Å². The van der Waals surface area contributed by atoms with Crippen LogP contribution >= 0.6 is 0 Å². The van der Waals surface area contributed by atoms with Crippen LogP contribution in [0, 0.1) is 12.7 Å². The number of rotatable bonds is 1. The molecule has 0 spiro atoms. The molecule has 1 heterocycles. The highest BCUT2D eigenvalue weighted by molar-refractivity contribution is 6.05. The highest BCUT2D eigenvalue weighted by Crippen LogP contribution is 2.28. The zero-order chi connectivity index (χ0) is 11.9. The van der Waals surface area contributed by atoms with E-state index in [-0.39, 0.29) is 16.6 Å². The van der Waals surface area contributed by atoms with Gasteiger partial charge in [0.2, 0.25) is 0 Å². The molecule has 1 aromatic heterocycles. The average molecular weight is 221 g/mol. The van der Waals surface area contributed by atoms with Gasteiger partial charge in [0.15, 0.2) is 5.75 Å². The van der Waals surface area contributed by atoms with Crippen molar-refractivity contribution in [3.8, 4) is 5.75 Å². The van der Waals surface area contributed by atoms with Crippen molar-refractivity contribution >= 4 is 16.9 Å². The Morgan fingerprint density at radius 2 is 2.12 bits per heavy atom. The summed E-state index contributed by atoms with van der Waals surface area (Å²) in [5.74, 6) is -2.30. The van der Waals surface area contributed by atoms with Crippen molar-refractivity contribution in [1.82, 2.24) is 4.98 Å². The molecule has 1 aromatic carbocycles. The maximum absolute atomic E-state index is 13.0. The van der Waals surface area contributed by atoms with Gasteiger partial charge < -0.3 is 10.2 Å². The van der Waals surface area contributed by atoms with Crippen molar-refractivity contribution in [1.29, 1.82) is 0 Å². The third-order valence-electron chi connectivity index (χ3n) is 2.31. The van der Waals surface area contributed by atoms with Crippen LogP contribution in [0.5, 0.6) is 5.75 Å². The van der Waals surface area contributed by atoms with Crippen molar-refractivity contribution in [2.24, 2.45) is 0 Å². The van der Waals surface area contributed by atoms with Gasteiger partial charge in [-0.15, -0.1) is 0 Å². The van der Waals surface area contributed by atoms with E-state index < -0.39 is 17.5 Å². The van der Waals surface area contributed by atoms with E-state index in [0.29, 0.717) is 5.52 Å². The molecule has 2 aromatic rings. The molecule has 4 nitrogen and oxygen atoms in total. The lowest BCUT2D eigenvalue weighted by atomic mass is 10.1. The highest BCUT2D eigenvalue weighted by Gasteiger charge is 2.18. The first-order valence-electron chi connectivity index (χ1n) is 4.53. The van der Waals surface area contributed by atoms with E-state index in [1.807, 2.05) is 0 Å². The number of hydrogen-bond donors (Lipinski definition) is 2. The largest absolute Gasteiger partial charge is 0.505 e. The summed E-state index contributed by atoms with van der Waals surface area (Å²) in [5, 5.41) is 18.7. The third-order valence-corrected chi connectivity index (χ3v) is 2.31. The molecule has 82 valence electrons. The molecular weight excluding hydrogens is 213 g/mol. The van der Waals surface area contributed by atoms with Gasteiger partial charge in [0.1, 0.15) is 11.4 Å². The van der Waals surface area contributed by atoms with Crippen LogP contribution < -0.4 is 0 Å². The molecule has 0 unspecified atom stereocenters. The molecule has 0 saturated carbocycles. The lowest BCUT2D eigenvalue weighted by Gasteiger charge is -2.07. The maximum Gasteiger partial charge on any atom is 0.340 e. The third kappa shape index (κ3) is 1.46. The Morgan fingerprint density at radius 3 is 2.75 bits per heavy atom. The average Bonchev–Trinajstić information content (AvgIpc) is 2.20. The fraction of sp³-hybridized carbons (Fsp3) is 0.0909. The lowest BCUT2D eigenvalue weighted by Crippen LogP contribution is -2.01. The van der Waals surface area contributed by atoms with Gasteiger partial charge in [-0.25, -0.2) is 14.2 Å². The summed E-state index contributed by atoms with van der Waals surface area (Å²) in [6.07, 6.45) is 0. The first-order chi connectivity index (χ1) is 7.50. The van der Waals surface area contributed by atoms with Gasteiger partial charge in [-0.05, 0) is 25.1 Å². The van der Waals surface area contributed by atoms with Crippen LogP contribution in [0.1, 0.15) is 16.1 Å². The number of aromatic nitrogens is 1. The maximum atomic E-state index is 13.0. The van der Waals surface area contributed by atoms with E-state index in [9.17, 15) is 14.3 Å². The van der Waals surface area contributed by atoms with Gasteiger partial charge in [-0.1, -0.05) is 0 Å². The summed E-state index contributed by atoms with van der Waals surface area (Å²) >= 11 is 0. The minimum atomic E-state index is -1.31. The fourth-order valence-corrected chi connectivity index (χ4v) is 1.56. The Bertz CT molecular complexity index is 595. The monoisotopic (exact) mass is 221 g/mol. The van der Waals surface area contributed by atoms with Crippen LogP contribution in [-0.2, 0) is 0 Å². The predicted octanol–water partition coefficient (Wildman–Crippen LogP) is 2.09. The van der Waals surface area contributed by atoms with Gasteiger partial charge in [0, 0.05) is 5.39 Å². The first-order valence-corrected chi connectivity index (χ1v) is 4.53. The number of aromatic hydroxyl groups is 1. The molecule has 0 saturated heterocycles. The second-order valence-electron chi connectivity index (χ2n) is 3.39. The Morgan fingerprint density at radius 1 is 1.44 bits per heavy atom. The smallest absolute Gasteiger partial charge is 0.340 e. The molecule has 0 aliphatic carbocycles. The van der Waals surface area contributed by atoms with Crippen LogP contribution in [-0.4, -0.2) is 21.2 Å². The number of fused-ring (bicyclic) bond motifs is 1. The predicted molar refractivity (Wildman–Crippen MR) is 55.1 cm³/mol. The van der Waals surface area contributed by atoms with E-state index in [4.69, 9.17) is 5.11 Å². The SMILES string of the molecule is Cc1nc2ccc(F)cc2c(C(=O)O)c1O. The summed E-state index contributed by atoms with van der Waals surface area (Å²) in [7, 11) is 0. The lowest BCUT2D eigenvalue weighted by molar-refractivity contribution is 0.0695. The number of aryl methyl sites for hydroxylation is 1. The summed E-state index contributed by atoms with van der Waals surface area (Å²) < 4.78 is 13.0. The number of carboxylic acids is 1. The first kappa shape index (κ1) is 10.4. The number of benzene rings is 1. The molecule has 5 heteroatoms. The molecule has 0 amide bonds. The molecule has 2 N–H and O–H groups in total. The minimum absolute atomic E-state index is 0.0931. The summed E-state index contributed by atoms with van der Waals surface area (Å²) in [5.41, 5.74) is 0.229. The zero-order valence-corrected chi connectivity index (χ0v) is 8.36. The molecule has 0 radical (unpaired) electrons. The Kier molecular flexibility index (Phi) is 2.23. The topological polar surface area (TPSA) is 70.4 Å². The van der Waals surface area contributed by atoms with E-state index in [0.717, 1.165) is 6.07 Å². The Balaban J connectivity index is 2.96. The summed E-state index contributed by atoms with van der Waals surface area (Å²) in [6, 6.07) is 3.62. The van der Waals surface area contributed by atoms with E-state index >= 15 is 0 Å². The normalized spacial score (nSPS) is 10.6. The number of aromatic carboxylic acids is 1.